The van der Waals surface area contributed by atoms with E-state index in [0.717, 1.165) is 38.5 Å². The number of hydrogen-bond donors (Lipinski definition) is 2. The van der Waals surface area contributed by atoms with E-state index in [9.17, 15) is 0 Å². The normalized spacial score (nSPS) is 16.6. The average molecular weight is 289 g/mol. The molecule has 1 aromatic carbocycles. The Kier molecular flexibility index (Phi) is 6.05. The van der Waals surface area contributed by atoms with Crippen molar-refractivity contribution in [3.05, 3.63) is 35.9 Å². The molecule has 1 aromatic rings. The summed E-state index contributed by atoms with van der Waals surface area (Å²) in [6, 6.07) is 10.8. The molecule has 0 aliphatic heterocycles. The van der Waals surface area contributed by atoms with Gasteiger partial charge in [-0.05, 0) is 36.7 Å². The molecule has 0 bridgehead atoms. The van der Waals surface area contributed by atoms with E-state index < -0.39 is 0 Å². The molecule has 0 unspecified atom stereocenters. The van der Waals surface area contributed by atoms with Gasteiger partial charge in [-0.2, -0.15) is 0 Å². The van der Waals surface area contributed by atoms with Gasteiger partial charge in [-0.15, -0.1) is 0 Å². The van der Waals surface area contributed by atoms with Crippen molar-refractivity contribution in [2.75, 3.05) is 33.9 Å². The Morgan fingerprint density at radius 1 is 1.24 bits per heavy atom. The molecule has 2 N–H and O–H groups in total. The molecule has 1 aliphatic carbocycles. The third kappa shape index (κ3) is 5.38. The third-order valence-electron chi connectivity index (χ3n) is 4.05. The lowest BCUT2D eigenvalue weighted by Crippen LogP contribution is -2.41. The van der Waals surface area contributed by atoms with Crippen LogP contribution >= 0.6 is 0 Å². The summed E-state index contributed by atoms with van der Waals surface area (Å²) in [5.41, 5.74) is 1.85. The molecular formula is C17H27N3O. The second kappa shape index (κ2) is 8.03. The zero-order valence-electron chi connectivity index (χ0n) is 13.2. The molecule has 0 atom stereocenters. The van der Waals surface area contributed by atoms with E-state index in [1.54, 1.807) is 7.11 Å². The number of ether oxygens (including phenoxy) is 1. The number of hydrogen-bond acceptors (Lipinski definition) is 2. The number of guanidine groups is 1. The molecule has 0 radical (unpaired) electrons. The van der Waals surface area contributed by atoms with Crippen LogP contribution in [0.5, 0.6) is 0 Å². The van der Waals surface area contributed by atoms with E-state index in [1.165, 1.54) is 18.4 Å². The summed E-state index contributed by atoms with van der Waals surface area (Å²) in [4.78, 5) is 4.28. The Morgan fingerprint density at radius 3 is 2.62 bits per heavy atom. The quantitative estimate of drug-likeness (QED) is 0.438. The van der Waals surface area contributed by atoms with E-state index in [1.807, 2.05) is 7.05 Å². The number of benzene rings is 1. The Balaban J connectivity index is 1.73. The molecule has 0 spiro atoms. The van der Waals surface area contributed by atoms with Gasteiger partial charge in [0.2, 0.25) is 0 Å². The summed E-state index contributed by atoms with van der Waals surface area (Å²) in [7, 11) is 3.55. The van der Waals surface area contributed by atoms with E-state index in [4.69, 9.17) is 4.74 Å². The lowest BCUT2D eigenvalue weighted by molar-refractivity contribution is 0.195. The third-order valence-corrected chi connectivity index (χ3v) is 4.05. The van der Waals surface area contributed by atoms with Crippen LogP contribution in [0.4, 0.5) is 0 Å². The second-order valence-corrected chi connectivity index (χ2v) is 5.86. The molecule has 1 saturated carbocycles. The molecule has 0 amide bonds. The van der Waals surface area contributed by atoms with Gasteiger partial charge in [0.05, 0.1) is 0 Å². The van der Waals surface area contributed by atoms with E-state index in [0.29, 0.717) is 5.41 Å². The molecule has 1 fully saturated rings. The highest BCUT2D eigenvalue weighted by molar-refractivity contribution is 5.79. The zero-order valence-corrected chi connectivity index (χ0v) is 13.2. The minimum Gasteiger partial charge on any atom is -0.385 e. The van der Waals surface area contributed by atoms with Crippen molar-refractivity contribution in [1.29, 1.82) is 0 Å². The maximum Gasteiger partial charge on any atom is 0.190 e. The van der Waals surface area contributed by atoms with E-state index in [2.05, 4.69) is 46.0 Å². The van der Waals surface area contributed by atoms with Crippen molar-refractivity contribution in [1.82, 2.24) is 10.6 Å². The highest BCUT2D eigenvalue weighted by Crippen LogP contribution is 2.47. The lowest BCUT2D eigenvalue weighted by Gasteiger charge is -2.18. The van der Waals surface area contributed by atoms with Gasteiger partial charge >= 0.3 is 0 Å². The van der Waals surface area contributed by atoms with Gasteiger partial charge in [0.25, 0.3) is 0 Å². The van der Waals surface area contributed by atoms with E-state index in [-0.39, 0.29) is 0 Å². The van der Waals surface area contributed by atoms with Crippen LogP contribution in [-0.2, 0) is 11.2 Å². The van der Waals surface area contributed by atoms with Crippen molar-refractivity contribution in [2.24, 2.45) is 10.4 Å². The Labute approximate surface area is 128 Å². The SMILES string of the molecule is CN=C(NCCCOC)NCC1(Cc2ccccc2)CC1. The number of aliphatic imine (C=N–C) groups is 1. The molecule has 0 saturated heterocycles. The predicted octanol–water partition coefficient (Wildman–Crippen LogP) is 2.21. The fourth-order valence-electron chi connectivity index (χ4n) is 2.54. The van der Waals surface area contributed by atoms with Crippen LogP contribution in [0.3, 0.4) is 0 Å². The van der Waals surface area contributed by atoms with Gasteiger partial charge in [-0.3, -0.25) is 4.99 Å². The average Bonchev–Trinajstić information content (AvgIpc) is 3.27. The van der Waals surface area contributed by atoms with Gasteiger partial charge in [-0.25, -0.2) is 0 Å². The molecule has 0 heterocycles. The lowest BCUT2D eigenvalue weighted by atomic mass is 9.96. The minimum absolute atomic E-state index is 0.422. The summed E-state index contributed by atoms with van der Waals surface area (Å²) < 4.78 is 5.05. The first-order valence-corrected chi connectivity index (χ1v) is 7.75. The van der Waals surface area contributed by atoms with Crippen LogP contribution in [0.25, 0.3) is 0 Å². The first kappa shape index (κ1) is 15.8. The van der Waals surface area contributed by atoms with Gasteiger partial charge in [0.1, 0.15) is 0 Å². The second-order valence-electron chi connectivity index (χ2n) is 5.86. The molecule has 116 valence electrons. The van der Waals surface area contributed by atoms with Gasteiger partial charge in [0, 0.05) is 33.9 Å². The zero-order chi connectivity index (χ0) is 15.0. The number of methoxy groups -OCH3 is 1. The minimum atomic E-state index is 0.422. The number of rotatable bonds is 8. The van der Waals surface area contributed by atoms with E-state index >= 15 is 0 Å². The molecule has 4 heteroatoms. The first-order chi connectivity index (χ1) is 10.3. The molecular weight excluding hydrogens is 262 g/mol. The predicted molar refractivity (Wildman–Crippen MR) is 87.7 cm³/mol. The summed E-state index contributed by atoms with van der Waals surface area (Å²) in [6.45, 7) is 2.66. The molecule has 2 rings (SSSR count). The first-order valence-electron chi connectivity index (χ1n) is 7.75. The maximum atomic E-state index is 5.05. The van der Waals surface area contributed by atoms with Gasteiger partial charge in [-0.1, -0.05) is 30.3 Å². The van der Waals surface area contributed by atoms with Crippen LogP contribution in [0.2, 0.25) is 0 Å². The smallest absolute Gasteiger partial charge is 0.190 e. The Hall–Kier alpha value is -1.55. The van der Waals surface area contributed by atoms with Gasteiger partial charge in [0.15, 0.2) is 5.96 Å². The van der Waals surface area contributed by atoms with Crippen LogP contribution in [-0.4, -0.2) is 39.8 Å². The molecule has 21 heavy (non-hydrogen) atoms. The van der Waals surface area contributed by atoms with Crippen molar-refractivity contribution >= 4 is 5.96 Å². The summed E-state index contributed by atoms with van der Waals surface area (Å²) in [5.74, 6) is 0.894. The Bertz CT molecular complexity index is 441. The van der Waals surface area contributed by atoms with Crippen LogP contribution in [0, 0.1) is 5.41 Å². The molecule has 1 aliphatic rings. The summed E-state index contributed by atoms with van der Waals surface area (Å²) in [5, 5.41) is 6.79. The van der Waals surface area contributed by atoms with Gasteiger partial charge < -0.3 is 15.4 Å². The number of nitrogens with zero attached hydrogens (tertiary/aromatic N) is 1. The van der Waals surface area contributed by atoms with Crippen molar-refractivity contribution < 1.29 is 4.74 Å². The topological polar surface area (TPSA) is 45.7 Å². The summed E-state index contributed by atoms with van der Waals surface area (Å²) in [6.07, 6.45) is 4.75. The monoisotopic (exact) mass is 289 g/mol. The fraction of sp³-hybridized carbons (Fsp3) is 0.588. The fourth-order valence-corrected chi connectivity index (χ4v) is 2.54. The molecule has 4 nitrogen and oxygen atoms in total. The van der Waals surface area contributed by atoms with Crippen molar-refractivity contribution in [2.45, 2.75) is 25.7 Å². The number of nitrogens with one attached hydrogen (secondary N) is 2. The highest BCUT2D eigenvalue weighted by atomic mass is 16.5. The Morgan fingerprint density at radius 2 is 2.00 bits per heavy atom. The molecule has 0 aromatic heterocycles. The largest absolute Gasteiger partial charge is 0.385 e. The van der Waals surface area contributed by atoms with Crippen LogP contribution < -0.4 is 10.6 Å². The summed E-state index contributed by atoms with van der Waals surface area (Å²) >= 11 is 0. The van der Waals surface area contributed by atoms with Crippen molar-refractivity contribution in [3.8, 4) is 0 Å². The van der Waals surface area contributed by atoms with Crippen LogP contribution in [0.15, 0.2) is 35.3 Å². The van der Waals surface area contributed by atoms with Crippen LogP contribution in [0.1, 0.15) is 24.8 Å². The standard InChI is InChI=1S/C17H27N3O/c1-18-16(19-11-6-12-21-2)20-14-17(9-10-17)13-15-7-4-3-5-8-15/h3-5,7-8H,6,9-14H2,1-2H3,(H2,18,19,20). The maximum absolute atomic E-state index is 5.05. The van der Waals surface area contributed by atoms with Crippen molar-refractivity contribution in [3.63, 3.8) is 0 Å². The highest BCUT2D eigenvalue weighted by Gasteiger charge is 2.42.